The number of rotatable bonds is 9. The highest BCUT2D eigenvalue weighted by Crippen LogP contribution is 2.38. The van der Waals surface area contributed by atoms with E-state index in [4.69, 9.17) is 33.0 Å². The Morgan fingerprint density at radius 2 is 1.69 bits per heavy atom. The van der Waals surface area contributed by atoms with E-state index in [0.29, 0.717) is 60.7 Å². The summed E-state index contributed by atoms with van der Waals surface area (Å²) in [5, 5.41) is 12.6. The maximum Gasteiger partial charge on any atom is 0.255 e. The average Bonchev–Trinajstić information content (AvgIpc) is 3.43. The molecule has 0 saturated heterocycles. The lowest BCUT2D eigenvalue weighted by Gasteiger charge is -2.29. The van der Waals surface area contributed by atoms with Crippen molar-refractivity contribution in [1.29, 1.82) is 0 Å². The van der Waals surface area contributed by atoms with E-state index < -0.39 is 6.04 Å². The van der Waals surface area contributed by atoms with Crippen molar-refractivity contribution in [1.82, 2.24) is 14.8 Å². The number of ether oxygens (including phenoxy) is 1. The fourth-order valence-electron chi connectivity index (χ4n) is 5.03. The van der Waals surface area contributed by atoms with Gasteiger partial charge in [0.15, 0.2) is 0 Å². The molecule has 1 amide bonds. The Kier molecular flexibility index (Phi) is 9.11. The first-order chi connectivity index (χ1) is 21.8. The number of thioether (sulfide) groups is 1. The molecule has 0 fully saturated rings. The summed E-state index contributed by atoms with van der Waals surface area (Å²) in [7, 11) is 0. The number of carbonyl (C=O) groups is 1. The molecule has 5 aromatic rings. The van der Waals surface area contributed by atoms with E-state index in [1.807, 2.05) is 62.4 Å². The van der Waals surface area contributed by atoms with Crippen LogP contribution in [0.5, 0.6) is 5.75 Å². The number of amides is 1. The molecule has 2 heterocycles. The van der Waals surface area contributed by atoms with Crippen LogP contribution in [0, 0.1) is 12.7 Å². The zero-order chi connectivity index (χ0) is 31.5. The number of para-hydroxylation sites is 1. The fraction of sp³-hybridized carbons (Fsp3) is 0.147. The van der Waals surface area contributed by atoms with Gasteiger partial charge in [0.25, 0.3) is 5.91 Å². The van der Waals surface area contributed by atoms with Crippen molar-refractivity contribution < 1.29 is 13.9 Å². The van der Waals surface area contributed by atoms with E-state index in [9.17, 15) is 9.18 Å². The quantitative estimate of drug-likeness (QED) is 0.154. The van der Waals surface area contributed by atoms with E-state index in [2.05, 4.69) is 15.6 Å². The first-order valence-electron chi connectivity index (χ1n) is 14.1. The molecule has 0 spiro atoms. The number of anilines is 2. The fourth-order valence-corrected chi connectivity index (χ4v) is 6.35. The molecule has 1 aromatic heterocycles. The van der Waals surface area contributed by atoms with Crippen molar-refractivity contribution >= 4 is 52.5 Å². The highest BCUT2D eigenvalue weighted by molar-refractivity contribution is 7.98. The Labute approximate surface area is 274 Å². The van der Waals surface area contributed by atoms with Crippen molar-refractivity contribution in [3.05, 3.63) is 140 Å². The van der Waals surface area contributed by atoms with Crippen LogP contribution >= 0.6 is 35.0 Å². The van der Waals surface area contributed by atoms with E-state index in [-0.39, 0.29) is 18.3 Å². The molecule has 1 unspecified atom stereocenters. The Bertz CT molecular complexity index is 1890. The van der Waals surface area contributed by atoms with Crippen LogP contribution in [-0.4, -0.2) is 20.7 Å². The average molecular weight is 661 g/mol. The number of nitrogens with one attached hydrogen (secondary N) is 2. The molecule has 0 saturated carbocycles. The molecule has 6 rings (SSSR count). The van der Waals surface area contributed by atoms with E-state index in [0.717, 1.165) is 11.1 Å². The van der Waals surface area contributed by atoms with Crippen LogP contribution in [0.2, 0.25) is 10.0 Å². The number of aromatic nitrogens is 3. The Morgan fingerprint density at radius 1 is 0.978 bits per heavy atom. The zero-order valence-electron chi connectivity index (χ0n) is 24.4. The molecule has 1 aliphatic rings. The lowest BCUT2D eigenvalue weighted by atomic mass is 9.95. The normalized spacial score (nSPS) is 14.1. The van der Waals surface area contributed by atoms with Crippen LogP contribution in [0.25, 0.3) is 0 Å². The lowest BCUT2D eigenvalue weighted by molar-refractivity contribution is -0.113. The molecule has 45 heavy (non-hydrogen) atoms. The third kappa shape index (κ3) is 6.71. The standard InChI is InChI=1S/C34H28Cl2FN5O2S/c1-20-8-3-6-13-29(20)39-32(43)30-21(2)38-33-40-34(45-19-23-9-4-5-12-28(23)37)41-42(33)31(30)22-14-16-24(17-15-22)44-18-25-26(35)10-7-11-27(25)36/h3-17,31H,18-19H2,1-2H3,(H,39,43)(H,38,40,41). The highest BCUT2D eigenvalue weighted by Gasteiger charge is 2.34. The van der Waals surface area contributed by atoms with E-state index in [1.54, 1.807) is 41.1 Å². The van der Waals surface area contributed by atoms with Crippen LogP contribution in [-0.2, 0) is 17.2 Å². The summed E-state index contributed by atoms with van der Waals surface area (Å²) in [4.78, 5) is 18.6. The van der Waals surface area contributed by atoms with Gasteiger partial charge >= 0.3 is 0 Å². The molecular formula is C34H28Cl2FN5O2S. The number of benzene rings is 4. The second-order valence-corrected chi connectivity index (χ2v) is 12.2. The number of hydrogen-bond acceptors (Lipinski definition) is 6. The smallest absolute Gasteiger partial charge is 0.255 e. The maximum absolute atomic E-state index is 14.3. The van der Waals surface area contributed by atoms with Crippen molar-refractivity contribution in [3.8, 4) is 5.75 Å². The number of allylic oxidation sites excluding steroid dienone is 1. The molecule has 11 heteroatoms. The van der Waals surface area contributed by atoms with Gasteiger partial charge in [0.05, 0.1) is 5.57 Å². The van der Waals surface area contributed by atoms with Gasteiger partial charge in [-0.2, -0.15) is 4.98 Å². The van der Waals surface area contributed by atoms with Gasteiger partial charge in [0, 0.05) is 32.7 Å². The molecule has 0 radical (unpaired) electrons. The predicted octanol–water partition coefficient (Wildman–Crippen LogP) is 8.83. The third-order valence-corrected chi connectivity index (χ3v) is 9.02. The predicted molar refractivity (Wildman–Crippen MR) is 177 cm³/mol. The van der Waals surface area contributed by atoms with Gasteiger partial charge in [-0.25, -0.2) is 9.07 Å². The molecule has 1 aliphatic heterocycles. The lowest BCUT2D eigenvalue weighted by Crippen LogP contribution is -2.31. The summed E-state index contributed by atoms with van der Waals surface area (Å²) in [6, 6.07) is 26.4. The number of halogens is 3. The summed E-state index contributed by atoms with van der Waals surface area (Å²) in [6.45, 7) is 3.98. The van der Waals surface area contributed by atoms with Crippen LogP contribution in [0.1, 0.15) is 35.2 Å². The maximum atomic E-state index is 14.3. The van der Waals surface area contributed by atoms with E-state index >= 15 is 0 Å². The molecule has 4 aromatic carbocycles. The minimum absolute atomic E-state index is 0.199. The molecule has 2 N–H and O–H groups in total. The molecular weight excluding hydrogens is 632 g/mol. The monoisotopic (exact) mass is 659 g/mol. The van der Waals surface area contributed by atoms with Crippen LogP contribution in [0.4, 0.5) is 16.0 Å². The second-order valence-electron chi connectivity index (χ2n) is 10.4. The minimum Gasteiger partial charge on any atom is -0.489 e. The van der Waals surface area contributed by atoms with Crippen molar-refractivity contribution in [2.75, 3.05) is 10.6 Å². The number of hydrogen-bond donors (Lipinski definition) is 2. The Balaban J connectivity index is 1.31. The summed E-state index contributed by atoms with van der Waals surface area (Å²) in [5.41, 5.74) is 4.84. The Hall–Kier alpha value is -4.31. The topological polar surface area (TPSA) is 81.1 Å². The summed E-state index contributed by atoms with van der Waals surface area (Å²) in [5.74, 6) is 0.895. The molecule has 0 aliphatic carbocycles. The molecule has 1 atom stereocenters. The van der Waals surface area contributed by atoms with Crippen LogP contribution < -0.4 is 15.4 Å². The van der Waals surface area contributed by atoms with E-state index in [1.165, 1.54) is 17.8 Å². The van der Waals surface area contributed by atoms with Crippen molar-refractivity contribution in [2.24, 2.45) is 0 Å². The number of nitrogens with zero attached hydrogens (tertiary/aromatic N) is 3. The van der Waals surface area contributed by atoms with Gasteiger partial charge in [-0.05, 0) is 66.9 Å². The van der Waals surface area contributed by atoms with Gasteiger partial charge in [-0.15, -0.1) is 5.10 Å². The summed E-state index contributed by atoms with van der Waals surface area (Å²) >= 11 is 13.9. The van der Waals surface area contributed by atoms with Gasteiger partial charge in [0.2, 0.25) is 11.1 Å². The molecule has 7 nitrogen and oxygen atoms in total. The zero-order valence-corrected chi connectivity index (χ0v) is 26.7. The third-order valence-electron chi connectivity index (χ3n) is 7.43. The van der Waals surface area contributed by atoms with Crippen molar-refractivity contribution in [2.45, 2.75) is 37.4 Å². The van der Waals surface area contributed by atoms with Gasteiger partial charge in [-0.3, -0.25) is 4.79 Å². The largest absolute Gasteiger partial charge is 0.489 e. The first-order valence-corrected chi connectivity index (χ1v) is 15.9. The van der Waals surface area contributed by atoms with Gasteiger partial charge < -0.3 is 15.4 Å². The number of fused-ring (bicyclic) bond motifs is 1. The SMILES string of the molecule is CC1=C(C(=O)Nc2ccccc2C)C(c2ccc(OCc3c(Cl)cccc3Cl)cc2)n2nc(SCc3ccccc3F)nc2N1. The second kappa shape index (κ2) is 13.4. The molecule has 0 bridgehead atoms. The summed E-state index contributed by atoms with van der Waals surface area (Å²) < 4.78 is 22.0. The van der Waals surface area contributed by atoms with Crippen molar-refractivity contribution in [3.63, 3.8) is 0 Å². The first kappa shape index (κ1) is 30.7. The van der Waals surface area contributed by atoms with Crippen LogP contribution in [0.15, 0.2) is 107 Å². The minimum atomic E-state index is -0.604. The summed E-state index contributed by atoms with van der Waals surface area (Å²) in [6.07, 6.45) is 0. The number of aryl methyl sites for hydroxylation is 1. The van der Waals surface area contributed by atoms with Gasteiger partial charge in [-0.1, -0.05) is 89.6 Å². The number of carbonyl (C=O) groups excluding carboxylic acids is 1. The molecule has 228 valence electrons. The van der Waals surface area contributed by atoms with Gasteiger partial charge in [0.1, 0.15) is 24.2 Å². The Morgan fingerprint density at radius 3 is 2.42 bits per heavy atom. The van der Waals surface area contributed by atoms with Crippen LogP contribution in [0.3, 0.4) is 0 Å². The highest BCUT2D eigenvalue weighted by atomic mass is 35.5.